The third-order valence-corrected chi connectivity index (χ3v) is 4.47. The summed E-state index contributed by atoms with van der Waals surface area (Å²) in [5, 5.41) is 12.1. The van der Waals surface area contributed by atoms with Gasteiger partial charge in [-0.2, -0.15) is 14.0 Å². The van der Waals surface area contributed by atoms with Crippen LogP contribution in [0.1, 0.15) is 5.56 Å². The van der Waals surface area contributed by atoms with Gasteiger partial charge in [0.1, 0.15) is 11.6 Å². The maximum Gasteiger partial charge on any atom is 0.288 e. The summed E-state index contributed by atoms with van der Waals surface area (Å²) < 4.78 is 35.1. The number of carbonyl (C=O) groups is 1. The molecule has 0 saturated heterocycles. The Morgan fingerprint density at radius 1 is 1.30 bits per heavy atom. The van der Waals surface area contributed by atoms with E-state index >= 15 is 0 Å². The number of nitrogens with one attached hydrogen (secondary N) is 1. The summed E-state index contributed by atoms with van der Waals surface area (Å²) in [6, 6.07) is 10.9. The first-order valence-corrected chi connectivity index (χ1v) is 8.79. The highest BCUT2D eigenvalue weighted by atomic mass is 35.5. The molecule has 1 N–H and O–H groups in total. The topological polar surface area (TPSA) is 71.3 Å². The Morgan fingerprint density at radius 3 is 2.70 bits per heavy atom. The minimum atomic E-state index is -2.52. The van der Waals surface area contributed by atoms with Crippen molar-refractivity contribution < 1.29 is 23.0 Å². The summed E-state index contributed by atoms with van der Waals surface area (Å²) >= 11 is 6.49. The number of hydrogen-bond donors (Lipinski definition) is 1. The molecule has 1 aliphatic heterocycles. The van der Waals surface area contributed by atoms with E-state index in [2.05, 4.69) is 5.32 Å². The highest BCUT2D eigenvalue weighted by Crippen LogP contribution is 2.40. The minimum absolute atomic E-state index is 0.0493. The zero-order chi connectivity index (χ0) is 19.4. The van der Waals surface area contributed by atoms with Crippen molar-refractivity contribution in [2.24, 2.45) is 0 Å². The molecule has 1 aliphatic rings. The molecular formula is C18H11ClF2N2O3S. The number of nitrogens with zero attached hydrogens (tertiary/aromatic N) is 1. The normalized spacial score (nSPS) is 12.8. The predicted molar refractivity (Wildman–Crippen MR) is 98.1 cm³/mol. The zero-order valence-corrected chi connectivity index (χ0v) is 15.1. The average Bonchev–Trinajstić information content (AvgIpc) is 3.10. The maximum atomic E-state index is 12.3. The first kappa shape index (κ1) is 19.0. The Balaban J connectivity index is 1.75. The van der Waals surface area contributed by atoms with E-state index in [0.29, 0.717) is 44.4 Å². The van der Waals surface area contributed by atoms with Crippen LogP contribution in [0.4, 0.5) is 14.5 Å². The lowest BCUT2D eigenvalue weighted by Crippen LogP contribution is -2.13. The summed E-state index contributed by atoms with van der Waals surface area (Å²) in [5.74, 6) is -2.32. The Labute approximate surface area is 162 Å². The predicted octanol–water partition coefficient (Wildman–Crippen LogP) is 4.93. The number of halogens is 3. The van der Waals surface area contributed by atoms with Crippen LogP contribution in [0.3, 0.4) is 0 Å². The highest BCUT2D eigenvalue weighted by molar-refractivity contribution is 7.99. The van der Waals surface area contributed by atoms with E-state index in [0.717, 1.165) is 0 Å². The number of anilines is 1. The molecule has 0 fully saturated rings. The molecule has 5 nitrogen and oxygen atoms in total. The molecule has 0 saturated carbocycles. The molecule has 9 heteroatoms. The number of hydrogen-bond acceptors (Lipinski definition) is 5. The van der Waals surface area contributed by atoms with Crippen LogP contribution >= 0.6 is 23.4 Å². The lowest BCUT2D eigenvalue weighted by atomic mass is 10.1. The van der Waals surface area contributed by atoms with Crippen LogP contribution in [-0.4, -0.2) is 18.5 Å². The Bertz CT molecular complexity index is 943. The molecule has 2 aromatic carbocycles. The van der Waals surface area contributed by atoms with Gasteiger partial charge in [-0.1, -0.05) is 23.4 Å². The van der Waals surface area contributed by atoms with Crippen molar-refractivity contribution in [3.63, 3.8) is 0 Å². The molecule has 0 bridgehead atoms. The molecule has 138 valence electrons. The van der Waals surface area contributed by atoms with E-state index in [9.17, 15) is 18.8 Å². The molecule has 1 heterocycles. The van der Waals surface area contributed by atoms with Crippen molar-refractivity contribution in [3.8, 4) is 17.6 Å². The number of thioether (sulfide) groups is 1. The Morgan fingerprint density at radius 2 is 2.04 bits per heavy atom. The molecule has 0 aromatic heterocycles. The fourth-order valence-electron chi connectivity index (χ4n) is 2.30. The largest absolute Gasteiger partial charge is 0.454 e. The lowest BCUT2D eigenvalue weighted by molar-refractivity contribution is -0.112. The number of benzene rings is 2. The Hall–Kier alpha value is -2.76. The first-order chi connectivity index (χ1) is 13.0. The molecule has 27 heavy (non-hydrogen) atoms. The number of fused-ring (bicyclic) bond motifs is 1. The van der Waals surface area contributed by atoms with Gasteiger partial charge >= 0.3 is 0 Å². The third-order valence-electron chi connectivity index (χ3n) is 3.46. The second-order valence-electron chi connectivity index (χ2n) is 5.26. The van der Waals surface area contributed by atoms with E-state index < -0.39 is 11.7 Å². The molecule has 0 spiro atoms. The van der Waals surface area contributed by atoms with Gasteiger partial charge < -0.3 is 14.8 Å². The van der Waals surface area contributed by atoms with Gasteiger partial charge in [-0.25, -0.2) is 0 Å². The van der Waals surface area contributed by atoms with Crippen molar-refractivity contribution in [1.82, 2.24) is 0 Å². The molecule has 0 atom stereocenters. The Kier molecular flexibility index (Phi) is 5.84. The van der Waals surface area contributed by atoms with Crippen LogP contribution in [0.15, 0.2) is 46.9 Å². The van der Waals surface area contributed by atoms with Gasteiger partial charge in [0.05, 0.1) is 5.02 Å². The zero-order valence-electron chi connectivity index (χ0n) is 13.5. The van der Waals surface area contributed by atoms with Gasteiger partial charge in [-0.3, -0.25) is 4.79 Å². The van der Waals surface area contributed by atoms with Crippen LogP contribution in [0.2, 0.25) is 5.02 Å². The number of nitriles is 1. The molecule has 1 amide bonds. The van der Waals surface area contributed by atoms with Gasteiger partial charge in [-0.15, -0.1) is 0 Å². The fraction of sp³-hybridized carbons (Fsp3) is 0.111. The average molecular weight is 409 g/mol. The smallest absolute Gasteiger partial charge is 0.288 e. The van der Waals surface area contributed by atoms with Gasteiger partial charge in [0.25, 0.3) is 11.7 Å². The summed E-state index contributed by atoms with van der Waals surface area (Å²) in [7, 11) is 0. The van der Waals surface area contributed by atoms with Crippen LogP contribution in [-0.2, 0) is 4.79 Å². The minimum Gasteiger partial charge on any atom is -0.454 e. The molecule has 2 aromatic rings. The van der Waals surface area contributed by atoms with Crippen molar-refractivity contribution in [3.05, 3.63) is 52.6 Å². The number of alkyl halides is 2. The summed E-state index contributed by atoms with van der Waals surface area (Å²) in [5.41, 5.74) is 0.721. The van der Waals surface area contributed by atoms with E-state index in [1.54, 1.807) is 12.1 Å². The summed E-state index contributed by atoms with van der Waals surface area (Å²) in [4.78, 5) is 12.7. The number of amides is 1. The molecule has 0 unspecified atom stereocenters. The second kappa shape index (κ2) is 8.29. The molecule has 0 radical (unpaired) electrons. The van der Waals surface area contributed by atoms with Gasteiger partial charge in [0, 0.05) is 10.6 Å². The SMILES string of the molecule is N#C/C(=C\c1cc(Cl)c2c(c1)OCO2)C(=O)Nc1ccc(SC(F)F)cc1. The van der Waals surface area contributed by atoms with Gasteiger partial charge in [-0.05, 0) is 48.0 Å². The number of rotatable bonds is 5. The van der Waals surface area contributed by atoms with Gasteiger partial charge in [0.15, 0.2) is 11.5 Å². The van der Waals surface area contributed by atoms with Crippen molar-refractivity contribution in [2.75, 3.05) is 12.1 Å². The molecular weight excluding hydrogens is 398 g/mol. The monoisotopic (exact) mass is 408 g/mol. The lowest BCUT2D eigenvalue weighted by Gasteiger charge is -2.06. The van der Waals surface area contributed by atoms with Crippen LogP contribution in [0, 0.1) is 11.3 Å². The summed E-state index contributed by atoms with van der Waals surface area (Å²) in [6.45, 7) is 0.0493. The molecule has 0 aliphatic carbocycles. The second-order valence-corrected chi connectivity index (χ2v) is 6.73. The first-order valence-electron chi connectivity index (χ1n) is 7.53. The van der Waals surface area contributed by atoms with Crippen LogP contribution < -0.4 is 14.8 Å². The quantitative estimate of drug-likeness (QED) is 0.431. The fourth-order valence-corrected chi connectivity index (χ4v) is 3.08. The van der Waals surface area contributed by atoms with E-state index in [1.165, 1.54) is 30.3 Å². The van der Waals surface area contributed by atoms with E-state index in [1.807, 2.05) is 6.07 Å². The third kappa shape index (κ3) is 4.70. The van der Waals surface area contributed by atoms with Crippen LogP contribution in [0.25, 0.3) is 6.08 Å². The van der Waals surface area contributed by atoms with Crippen LogP contribution in [0.5, 0.6) is 11.5 Å². The van der Waals surface area contributed by atoms with E-state index in [-0.39, 0.29) is 12.4 Å². The van der Waals surface area contributed by atoms with Crippen molar-refractivity contribution in [1.29, 1.82) is 5.26 Å². The number of carbonyl (C=O) groups excluding carboxylic acids is 1. The summed E-state index contributed by atoms with van der Waals surface area (Å²) in [6.07, 6.45) is 1.37. The van der Waals surface area contributed by atoms with E-state index in [4.69, 9.17) is 21.1 Å². The molecule has 3 rings (SSSR count). The highest BCUT2D eigenvalue weighted by Gasteiger charge is 2.18. The van der Waals surface area contributed by atoms with Crippen molar-refractivity contribution in [2.45, 2.75) is 10.7 Å². The maximum absolute atomic E-state index is 12.3. The van der Waals surface area contributed by atoms with Crippen molar-refractivity contribution >= 4 is 41.0 Å². The number of ether oxygens (including phenoxy) is 2. The van der Waals surface area contributed by atoms with Gasteiger partial charge in [0.2, 0.25) is 6.79 Å². The standard InChI is InChI=1S/C18H11ClF2N2O3S/c19-14-6-10(7-15-16(14)26-9-25-15)5-11(8-22)17(24)23-12-1-3-13(4-2-12)27-18(20)21/h1-7,18H,9H2,(H,23,24)/b11-5+.